The van der Waals surface area contributed by atoms with Crippen molar-refractivity contribution in [3.8, 4) is 5.75 Å². The van der Waals surface area contributed by atoms with E-state index < -0.39 is 0 Å². The molecule has 0 N–H and O–H groups in total. The Hall–Kier alpha value is -2.07. The van der Waals surface area contributed by atoms with Crippen LogP contribution in [0.2, 0.25) is 0 Å². The molecule has 27 heavy (non-hydrogen) atoms. The lowest BCUT2D eigenvalue weighted by atomic mass is 9.83. The number of hydrogen-bond donors (Lipinski definition) is 0. The minimum Gasteiger partial charge on any atom is -0.491 e. The Balaban J connectivity index is 1.60. The first-order valence-electron chi connectivity index (χ1n) is 9.75. The van der Waals surface area contributed by atoms with E-state index in [0.29, 0.717) is 19.8 Å². The molecule has 0 spiro atoms. The molecular formula is C23H32O4. The summed E-state index contributed by atoms with van der Waals surface area (Å²) in [5.74, 6) is 0.668. The lowest BCUT2D eigenvalue weighted by molar-refractivity contribution is -0.151. The fourth-order valence-electron chi connectivity index (χ4n) is 3.03. The van der Waals surface area contributed by atoms with Gasteiger partial charge >= 0.3 is 5.97 Å². The van der Waals surface area contributed by atoms with E-state index in [1.807, 2.05) is 37.3 Å². The average Bonchev–Trinajstić information content (AvgIpc) is 2.64. The zero-order valence-corrected chi connectivity index (χ0v) is 17.0. The average molecular weight is 373 g/mol. The molecule has 148 valence electrons. The molecule has 0 saturated heterocycles. The van der Waals surface area contributed by atoms with Crippen molar-refractivity contribution in [1.82, 2.24) is 0 Å². The Morgan fingerprint density at radius 3 is 2.37 bits per heavy atom. The highest BCUT2D eigenvalue weighted by Gasteiger charge is 2.24. The summed E-state index contributed by atoms with van der Waals surface area (Å²) in [7, 11) is 0. The van der Waals surface area contributed by atoms with Crippen molar-refractivity contribution in [2.45, 2.75) is 40.5 Å². The van der Waals surface area contributed by atoms with Crippen molar-refractivity contribution in [3.63, 3.8) is 0 Å². The van der Waals surface area contributed by atoms with E-state index in [-0.39, 0.29) is 23.9 Å². The van der Waals surface area contributed by atoms with E-state index in [4.69, 9.17) is 14.2 Å². The molecule has 2 aromatic rings. The second-order valence-electron chi connectivity index (χ2n) is 8.01. The maximum atomic E-state index is 12.1. The highest BCUT2D eigenvalue weighted by molar-refractivity contribution is 5.83. The van der Waals surface area contributed by atoms with Gasteiger partial charge in [-0.1, -0.05) is 58.0 Å². The van der Waals surface area contributed by atoms with Crippen molar-refractivity contribution in [2.75, 3.05) is 26.4 Å². The smallest absolute Gasteiger partial charge is 0.309 e. The molecule has 0 aliphatic carbocycles. The highest BCUT2D eigenvalue weighted by atomic mass is 16.6. The van der Waals surface area contributed by atoms with Crippen LogP contribution in [0.1, 0.15) is 40.5 Å². The van der Waals surface area contributed by atoms with Crippen LogP contribution in [0.5, 0.6) is 5.75 Å². The van der Waals surface area contributed by atoms with E-state index in [9.17, 15) is 4.79 Å². The second-order valence-corrected chi connectivity index (χ2v) is 8.01. The van der Waals surface area contributed by atoms with Gasteiger partial charge in [-0.05, 0) is 41.2 Å². The summed E-state index contributed by atoms with van der Waals surface area (Å²) >= 11 is 0. The van der Waals surface area contributed by atoms with Gasteiger partial charge in [0.05, 0.1) is 19.1 Å². The van der Waals surface area contributed by atoms with Crippen LogP contribution in [0, 0.1) is 11.3 Å². The van der Waals surface area contributed by atoms with Gasteiger partial charge in [0.1, 0.15) is 19.0 Å². The molecule has 1 unspecified atom stereocenters. The van der Waals surface area contributed by atoms with Gasteiger partial charge in [0, 0.05) is 0 Å². The van der Waals surface area contributed by atoms with E-state index in [0.717, 1.165) is 24.0 Å². The molecule has 2 aromatic carbocycles. The molecule has 0 heterocycles. The van der Waals surface area contributed by atoms with Gasteiger partial charge in [-0.25, -0.2) is 0 Å². The molecule has 0 bridgehead atoms. The van der Waals surface area contributed by atoms with Crippen LogP contribution in [-0.4, -0.2) is 32.4 Å². The Labute approximate surface area is 162 Å². The molecule has 2 rings (SSSR count). The number of carbonyl (C=O) groups excluding carboxylic acids is 1. The maximum Gasteiger partial charge on any atom is 0.309 e. The van der Waals surface area contributed by atoms with Crippen LogP contribution in [0.3, 0.4) is 0 Å². The predicted molar refractivity (Wildman–Crippen MR) is 109 cm³/mol. The Morgan fingerprint density at radius 2 is 1.67 bits per heavy atom. The largest absolute Gasteiger partial charge is 0.491 e. The van der Waals surface area contributed by atoms with E-state index in [1.165, 1.54) is 5.39 Å². The summed E-state index contributed by atoms with van der Waals surface area (Å²) in [4.78, 5) is 12.1. The van der Waals surface area contributed by atoms with Crippen LogP contribution >= 0.6 is 0 Å². The zero-order valence-electron chi connectivity index (χ0n) is 17.0. The number of benzene rings is 2. The SMILES string of the molecule is CCC(CC(C)(C)C)C(=O)OCCOCCOc1ccc2ccccc2c1. The third kappa shape index (κ3) is 7.59. The third-order valence-corrected chi connectivity index (χ3v) is 4.37. The molecule has 0 fully saturated rings. The third-order valence-electron chi connectivity index (χ3n) is 4.37. The van der Waals surface area contributed by atoms with Crippen molar-refractivity contribution < 1.29 is 19.0 Å². The maximum absolute atomic E-state index is 12.1. The second kappa shape index (κ2) is 10.3. The molecule has 1 atom stereocenters. The molecule has 0 aromatic heterocycles. The number of hydrogen-bond acceptors (Lipinski definition) is 4. The number of carbonyl (C=O) groups is 1. The van der Waals surface area contributed by atoms with Crippen molar-refractivity contribution >= 4 is 16.7 Å². The first kappa shape index (κ1) is 21.2. The summed E-state index contributed by atoms with van der Waals surface area (Å²) in [6, 6.07) is 14.2. The van der Waals surface area contributed by atoms with E-state index in [2.05, 4.69) is 32.9 Å². The highest BCUT2D eigenvalue weighted by Crippen LogP contribution is 2.27. The minimum atomic E-state index is -0.122. The van der Waals surface area contributed by atoms with Crippen LogP contribution < -0.4 is 4.74 Å². The topological polar surface area (TPSA) is 44.8 Å². The van der Waals surface area contributed by atoms with Gasteiger partial charge in [0.2, 0.25) is 0 Å². The summed E-state index contributed by atoms with van der Waals surface area (Å²) in [6.07, 6.45) is 1.64. The van der Waals surface area contributed by atoms with Crippen LogP contribution in [-0.2, 0) is 14.3 Å². The Morgan fingerprint density at radius 1 is 0.963 bits per heavy atom. The van der Waals surface area contributed by atoms with E-state index >= 15 is 0 Å². The van der Waals surface area contributed by atoms with Crippen LogP contribution in [0.4, 0.5) is 0 Å². The first-order chi connectivity index (χ1) is 12.9. The number of fused-ring (bicyclic) bond motifs is 1. The fraction of sp³-hybridized carbons (Fsp3) is 0.522. The summed E-state index contributed by atoms with van der Waals surface area (Å²) < 4.78 is 16.6. The van der Waals surface area contributed by atoms with Crippen LogP contribution in [0.25, 0.3) is 10.8 Å². The lowest BCUT2D eigenvalue weighted by Gasteiger charge is -2.23. The fourth-order valence-corrected chi connectivity index (χ4v) is 3.03. The molecular weight excluding hydrogens is 340 g/mol. The number of ether oxygens (including phenoxy) is 3. The molecule has 4 heteroatoms. The van der Waals surface area contributed by atoms with Gasteiger partial charge in [-0.15, -0.1) is 0 Å². The van der Waals surface area contributed by atoms with Gasteiger partial charge in [0.15, 0.2) is 0 Å². The normalized spacial score (nSPS) is 12.7. The molecule has 0 aliphatic rings. The minimum absolute atomic E-state index is 0.0405. The van der Waals surface area contributed by atoms with Crippen molar-refractivity contribution in [3.05, 3.63) is 42.5 Å². The Kier molecular flexibility index (Phi) is 8.11. The number of rotatable bonds is 10. The van der Waals surface area contributed by atoms with E-state index in [1.54, 1.807) is 0 Å². The summed E-state index contributed by atoms with van der Waals surface area (Å²) in [5.41, 5.74) is 0.121. The molecule has 0 amide bonds. The molecule has 4 nitrogen and oxygen atoms in total. The number of esters is 1. The van der Waals surface area contributed by atoms with Crippen LogP contribution in [0.15, 0.2) is 42.5 Å². The molecule has 0 aliphatic heterocycles. The first-order valence-corrected chi connectivity index (χ1v) is 9.75. The molecule has 0 radical (unpaired) electrons. The predicted octanol–water partition coefficient (Wildman–Crippen LogP) is 5.24. The van der Waals surface area contributed by atoms with Gasteiger partial charge in [0.25, 0.3) is 0 Å². The monoisotopic (exact) mass is 372 g/mol. The van der Waals surface area contributed by atoms with Gasteiger partial charge < -0.3 is 14.2 Å². The van der Waals surface area contributed by atoms with Gasteiger partial charge in [-0.3, -0.25) is 4.79 Å². The standard InChI is InChI=1S/C23H32O4/c1-5-18(17-23(2,3)4)22(24)27-15-13-25-12-14-26-21-11-10-19-8-6-7-9-20(19)16-21/h6-11,16,18H,5,12-15,17H2,1-4H3. The van der Waals surface area contributed by atoms with Crippen molar-refractivity contribution in [1.29, 1.82) is 0 Å². The Bertz CT molecular complexity index is 718. The van der Waals surface area contributed by atoms with Crippen molar-refractivity contribution in [2.24, 2.45) is 11.3 Å². The summed E-state index contributed by atoms with van der Waals surface area (Å²) in [6.45, 7) is 10.1. The lowest BCUT2D eigenvalue weighted by Crippen LogP contribution is -2.24. The quantitative estimate of drug-likeness (QED) is 0.422. The zero-order chi connectivity index (χ0) is 19.7. The van der Waals surface area contributed by atoms with Gasteiger partial charge in [-0.2, -0.15) is 0 Å². The summed E-state index contributed by atoms with van der Waals surface area (Å²) in [5, 5.41) is 2.35. The molecule has 0 saturated carbocycles.